The third kappa shape index (κ3) is 5.02. The highest BCUT2D eigenvalue weighted by atomic mass is 16.5. The van der Waals surface area contributed by atoms with Crippen molar-refractivity contribution in [3.05, 3.63) is 108 Å². The Bertz CT molecular complexity index is 1540. The molecule has 40 heavy (non-hydrogen) atoms. The lowest BCUT2D eigenvalue weighted by molar-refractivity contribution is -0.139. The van der Waals surface area contributed by atoms with Gasteiger partial charge in [-0.2, -0.15) is 5.26 Å². The van der Waals surface area contributed by atoms with Gasteiger partial charge >= 0.3 is 0 Å². The van der Waals surface area contributed by atoms with E-state index in [0.717, 1.165) is 35.0 Å². The predicted octanol–water partition coefficient (Wildman–Crippen LogP) is 6.98. The minimum atomic E-state index is -1.35. The molecule has 1 heterocycles. The second-order valence-corrected chi connectivity index (χ2v) is 11.1. The average molecular weight is 532 g/mol. The van der Waals surface area contributed by atoms with E-state index in [1.807, 2.05) is 53.4 Å². The van der Waals surface area contributed by atoms with Gasteiger partial charge in [0, 0.05) is 43.3 Å². The molecule has 0 radical (unpaired) electrons. The van der Waals surface area contributed by atoms with Gasteiger partial charge in [0.2, 0.25) is 5.91 Å². The molecule has 4 aromatic carbocycles. The number of nitrogens with zero attached hydrogens (tertiary/aromatic N) is 3. The summed E-state index contributed by atoms with van der Waals surface area (Å²) < 4.78 is 5.77. The summed E-state index contributed by atoms with van der Waals surface area (Å²) >= 11 is 0. The van der Waals surface area contributed by atoms with Crippen molar-refractivity contribution in [1.82, 2.24) is 4.90 Å². The van der Waals surface area contributed by atoms with Gasteiger partial charge in [0.25, 0.3) is 0 Å². The van der Waals surface area contributed by atoms with Gasteiger partial charge in [-0.3, -0.25) is 4.79 Å². The van der Waals surface area contributed by atoms with Crippen LogP contribution in [0.4, 0.5) is 5.69 Å². The fourth-order valence-electron chi connectivity index (χ4n) is 6.01. The number of benzene rings is 4. The molecule has 0 N–H and O–H groups in total. The van der Waals surface area contributed by atoms with E-state index in [9.17, 15) is 10.1 Å². The number of methoxy groups -OCH3 is 1. The predicted molar refractivity (Wildman–Crippen MR) is 162 cm³/mol. The van der Waals surface area contributed by atoms with Crippen molar-refractivity contribution >= 4 is 22.4 Å². The monoisotopic (exact) mass is 531 g/mol. The van der Waals surface area contributed by atoms with E-state index >= 15 is 0 Å². The maximum absolute atomic E-state index is 14.4. The minimum Gasteiger partial charge on any atom is -0.496 e. The Morgan fingerprint density at radius 3 is 2.25 bits per heavy atom. The summed E-state index contributed by atoms with van der Waals surface area (Å²) in [5.74, 6) is 0.465. The number of anilines is 1. The van der Waals surface area contributed by atoms with E-state index in [1.54, 1.807) is 14.0 Å². The van der Waals surface area contributed by atoms with Crippen LogP contribution in [0, 0.1) is 16.7 Å². The van der Waals surface area contributed by atoms with Gasteiger partial charge in [-0.1, -0.05) is 86.6 Å². The van der Waals surface area contributed by atoms with E-state index in [1.165, 1.54) is 11.3 Å². The summed E-state index contributed by atoms with van der Waals surface area (Å²) in [6, 6.07) is 33.2. The smallest absolute Gasteiger partial charge is 0.243 e. The lowest BCUT2D eigenvalue weighted by Crippen LogP contribution is -2.53. The topological polar surface area (TPSA) is 56.6 Å². The Balaban J connectivity index is 1.51. The zero-order chi connectivity index (χ0) is 28.3. The number of fused-ring (bicyclic) bond motifs is 1. The van der Waals surface area contributed by atoms with Crippen LogP contribution in [0.2, 0.25) is 0 Å². The number of carbonyl (C=O) groups excluding carboxylic acids is 1. The van der Waals surface area contributed by atoms with Gasteiger partial charge in [-0.25, -0.2) is 0 Å². The van der Waals surface area contributed by atoms with Crippen molar-refractivity contribution in [2.24, 2.45) is 5.41 Å². The first-order chi connectivity index (χ1) is 19.4. The molecular weight excluding hydrogens is 494 g/mol. The van der Waals surface area contributed by atoms with Crippen molar-refractivity contribution in [2.75, 3.05) is 38.2 Å². The van der Waals surface area contributed by atoms with Crippen molar-refractivity contribution < 1.29 is 9.53 Å². The molecule has 5 nitrogen and oxygen atoms in total. The van der Waals surface area contributed by atoms with Gasteiger partial charge in [0.05, 0.1) is 13.2 Å². The summed E-state index contributed by atoms with van der Waals surface area (Å²) in [5.41, 5.74) is 2.93. The Kier molecular flexibility index (Phi) is 7.80. The number of amides is 1. The van der Waals surface area contributed by atoms with Crippen LogP contribution >= 0.6 is 0 Å². The number of hydrogen-bond donors (Lipinski definition) is 0. The number of nitriles is 1. The highest BCUT2D eigenvalue weighted by Crippen LogP contribution is 2.47. The molecule has 2 atom stereocenters. The molecule has 1 fully saturated rings. The van der Waals surface area contributed by atoms with Gasteiger partial charge < -0.3 is 14.5 Å². The number of carbonyl (C=O) groups is 1. The molecule has 1 aliphatic heterocycles. The molecule has 2 unspecified atom stereocenters. The van der Waals surface area contributed by atoms with Crippen molar-refractivity contribution in [2.45, 2.75) is 32.6 Å². The van der Waals surface area contributed by atoms with Crippen molar-refractivity contribution in [1.29, 1.82) is 5.26 Å². The van der Waals surface area contributed by atoms with Crippen LogP contribution in [0.1, 0.15) is 49.3 Å². The van der Waals surface area contributed by atoms with E-state index in [4.69, 9.17) is 4.74 Å². The molecule has 1 amide bonds. The molecule has 0 aromatic heterocycles. The maximum Gasteiger partial charge on any atom is 0.243 e. The van der Waals surface area contributed by atoms with Crippen LogP contribution in [-0.2, 0) is 4.79 Å². The summed E-state index contributed by atoms with van der Waals surface area (Å²) in [5, 5.41) is 12.9. The van der Waals surface area contributed by atoms with E-state index in [-0.39, 0.29) is 5.91 Å². The number of para-hydroxylation sites is 1. The summed E-state index contributed by atoms with van der Waals surface area (Å²) in [7, 11) is 1.64. The molecule has 5 rings (SSSR count). The van der Waals surface area contributed by atoms with E-state index in [0.29, 0.717) is 24.8 Å². The van der Waals surface area contributed by atoms with Crippen LogP contribution in [-0.4, -0.2) is 44.1 Å². The normalized spacial score (nSPS) is 15.9. The number of rotatable bonds is 7. The number of piperazine rings is 1. The summed E-state index contributed by atoms with van der Waals surface area (Å²) in [6.45, 7) is 8.78. The van der Waals surface area contributed by atoms with Crippen molar-refractivity contribution in [3.63, 3.8) is 0 Å². The third-order valence-corrected chi connectivity index (χ3v) is 8.31. The summed E-state index contributed by atoms with van der Waals surface area (Å²) in [6.07, 6.45) is 0. The summed E-state index contributed by atoms with van der Waals surface area (Å²) in [4.78, 5) is 18.6. The van der Waals surface area contributed by atoms with Gasteiger partial charge in [-0.05, 0) is 52.9 Å². The standard InChI is InChI=1S/C35H37N3O2/c1-25(2)27-13-9-14-28(23-27)37-19-21-38(22-20-37)34(39)35(3,24-36)33(31-16-7-8-18-32(31)40-4)30-17-10-12-26-11-5-6-15-29(26)30/h5-18,23,25,33H,19-22H2,1-4H3. The number of ether oxygens (including phenoxy) is 1. The van der Waals surface area contributed by atoms with Crippen LogP contribution in [0.3, 0.4) is 0 Å². The quantitative estimate of drug-likeness (QED) is 0.258. The minimum absolute atomic E-state index is 0.144. The second kappa shape index (κ2) is 11.4. The molecule has 204 valence electrons. The average Bonchev–Trinajstić information content (AvgIpc) is 3.01. The molecule has 1 saturated heterocycles. The molecule has 4 aromatic rings. The Morgan fingerprint density at radius 1 is 0.875 bits per heavy atom. The van der Waals surface area contributed by atoms with Crippen molar-refractivity contribution in [3.8, 4) is 11.8 Å². The Morgan fingerprint density at radius 2 is 1.52 bits per heavy atom. The first-order valence-electron chi connectivity index (χ1n) is 14.0. The second-order valence-electron chi connectivity index (χ2n) is 11.1. The SMILES string of the molecule is COc1ccccc1C(c1cccc2ccccc12)C(C)(C#N)C(=O)N1CCN(c2cccc(C(C)C)c2)CC1. The van der Waals surface area contributed by atoms with E-state index in [2.05, 4.69) is 67.3 Å². The fraction of sp³-hybridized carbons (Fsp3) is 0.314. The van der Waals surface area contributed by atoms with Gasteiger partial charge in [-0.15, -0.1) is 0 Å². The molecular formula is C35H37N3O2. The molecule has 0 aliphatic carbocycles. The van der Waals surface area contributed by atoms with Crippen LogP contribution in [0.5, 0.6) is 5.75 Å². The first kappa shape index (κ1) is 27.3. The van der Waals surface area contributed by atoms with Gasteiger partial charge in [0.15, 0.2) is 0 Å². The lowest BCUT2D eigenvalue weighted by atomic mass is 9.68. The zero-order valence-corrected chi connectivity index (χ0v) is 23.8. The van der Waals surface area contributed by atoms with Crippen LogP contribution < -0.4 is 9.64 Å². The largest absolute Gasteiger partial charge is 0.496 e. The molecule has 0 spiro atoms. The lowest BCUT2D eigenvalue weighted by Gasteiger charge is -2.41. The van der Waals surface area contributed by atoms with E-state index < -0.39 is 11.3 Å². The highest BCUT2D eigenvalue weighted by molar-refractivity contribution is 5.91. The molecule has 0 saturated carbocycles. The van der Waals surface area contributed by atoms with Crippen LogP contribution in [0.15, 0.2) is 91.0 Å². The maximum atomic E-state index is 14.4. The van der Waals surface area contributed by atoms with Gasteiger partial charge in [0.1, 0.15) is 11.2 Å². The first-order valence-corrected chi connectivity index (χ1v) is 14.0. The fourth-order valence-corrected chi connectivity index (χ4v) is 6.01. The zero-order valence-electron chi connectivity index (χ0n) is 23.8. The number of hydrogen-bond acceptors (Lipinski definition) is 4. The molecule has 1 aliphatic rings. The molecule has 5 heteroatoms. The Labute approximate surface area is 237 Å². The molecule has 0 bridgehead atoms. The highest BCUT2D eigenvalue weighted by Gasteiger charge is 2.47. The Hall–Kier alpha value is -4.30. The third-order valence-electron chi connectivity index (χ3n) is 8.31. The van der Waals surface area contributed by atoms with Crippen LogP contribution in [0.25, 0.3) is 10.8 Å².